The van der Waals surface area contributed by atoms with Crippen LogP contribution in [0.3, 0.4) is 0 Å². The Labute approximate surface area is 186 Å². The number of hydrogen-bond acceptors (Lipinski definition) is 6. The van der Waals surface area contributed by atoms with Crippen molar-refractivity contribution in [3.05, 3.63) is 58.9 Å². The molecule has 0 spiro atoms. The van der Waals surface area contributed by atoms with Crippen LogP contribution < -0.4 is 10.1 Å². The van der Waals surface area contributed by atoms with Crippen LogP contribution in [-0.2, 0) is 11.3 Å². The van der Waals surface area contributed by atoms with Gasteiger partial charge in [-0.3, -0.25) is 9.69 Å². The summed E-state index contributed by atoms with van der Waals surface area (Å²) in [5.74, 6) is 1.75. The van der Waals surface area contributed by atoms with E-state index in [2.05, 4.69) is 20.4 Å². The molecule has 0 bridgehead atoms. The molecule has 1 saturated heterocycles. The minimum absolute atomic E-state index is 0.0142. The second-order valence-corrected chi connectivity index (χ2v) is 8.17. The normalized spacial score (nSPS) is 15.1. The molecule has 1 aliphatic heterocycles. The molecule has 0 atom stereocenters. The van der Waals surface area contributed by atoms with Gasteiger partial charge in [-0.05, 0) is 51.1 Å². The molecule has 0 unspecified atom stereocenters. The summed E-state index contributed by atoms with van der Waals surface area (Å²) < 4.78 is 10.6. The van der Waals surface area contributed by atoms with Gasteiger partial charge in [-0.15, -0.1) is 0 Å². The van der Waals surface area contributed by atoms with Gasteiger partial charge in [0.2, 0.25) is 17.6 Å². The molecule has 4 rings (SSSR count). The molecule has 31 heavy (non-hydrogen) atoms. The lowest BCUT2D eigenvalue weighted by Gasteiger charge is -2.30. The molecular formula is C23H25ClN4O3. The van der Waals surface area contributed by atoms with Crippen LogP contribution in [0.1, 0.15) is 24.3 Å². The van der Waals surface area contributed by atoms with Crippen molar-refractivity contribution in [3.63, 3.8) is 0 Å². The summed E-state index contributed by atoms with van der Waals surface area (Å²) in [5, 5.41) is 7.52. The second-order valence-electron chi connectivity index (χ2n) is 7.77. The summed E-state index contributed by atoms with van der Waals surface area (Å²) in [6, 6.07) is 13.3. The fourth-order valence-corrected chi connectivity index (χ4v) is 3.93. The van der Waals surface area contributed by atoms with E-state index in [-0.39, 0.29) is 11.8 Å². The molecule has 162 valence electrons. The zero-order chi connectivity index (χ0) is 21.8. The molecule has 1 aliphatic rings. The third kappa shape index (κ3) is 5.24. The van der Waals surface area contributed by atoms with E-state index in [1.165, 1.54) is 5.56 Å². The van der Waals surface area contributed by atoms with Gasteiger partial charge in [-0.25, -0.2) is 0 Å². The predicted octanol–water partition coefficient (Wildman–Crippen LogP) is 4.56. The van der Waals surface area contributed by atoms with Gasteiger partial charge in [0, 0.05) is 17.2 Å². The fourth-order valence-electron chi connectivity index (χ4n) is 3.67. The number of carbonyl (C=O) groups is 1. The van der Waals surface area contributed by atoms with Crippen molar-refractivity contribution in [2.45, 2.75) is 26.3 Å². The number of aromatic nitrogens is 2. The fraction of sp³-hybridized carbons (Fsp3) is 0.348. The number of nitrogens with zero attached hydrogens (tertiary/aromatic N) is 3. The number of carbonyl (C=O) groups excluding carboxylic acids is 1. The lowest BCUT2D eigenvalue weighted by atomic mass is 9.96. The monoisotopic (exact) mass is 440 g/mol. The van der Waals surface area contributed by atoms with Gasteiger partial charge in [-0.2, -0.15) is 4.98 Å². The molecule has 0 saturated carbocycles. The van der Waals surface area contributed by atoms with Gasteiger partial charge < -0.3 is 14.6 Å². The largest absolute Gasteiger partial charge is 0.495 e. The average Bonchev–Trinajstić information content (AvgIpc) is 3.23. The minimum Gasteiger partial charge on any atom is -0.495 e. The van der Waals surface area contributed by atoms with Gasteiger partial charge >= 0.3 is 0 Å². The Bertz CT molecular complexity index is 1040. The quantitative estimate of drug-likeness (QED) is 0.605. The van der Waals surface area contributed by atoms with Crippen LogP contribution in [0.4, 0.5) is 5.69 Å². The molecule has 1 aromatic heterocycles. The van der Waals surface area contributed by atoms with Gasteiger partial charge in [0.05, 0.1) is 18.7 Å². The topological polar surface area (TPSA) is 80.5 Å². The van der Waals surface area contributed by atoms with Crippen molar-refractivity contribution in [1.82, 2.24) is 15.0 Å². The molecule has 1 fully saturated rings. The first-order valence-corrected chi connectivity index (χ1v) is 10.7. The highest BCUT2D eigenvalue weighted by Gasteiger charge is 2.26. The molecule has 3 aromatic rings. The van der Waals surface area contributed by atoms with Gasteiger partial charge in [0.15, 0.2) is 0 Å². The maximum Gasteiger partial charge on any atom is 0.241 e. The Morgan fingerprint density at radius 2 is 1.97 bits per heavy atom. The Hall–Kier alpha value is -2.90. The number of anilines is 1. The Balaban J connectivity index is 1.28. The van der Waals surface area contributed by atoms with E-state index >= 15 is 0 Å². The number of rotatable bonds is 6. The van der Waals surface area contributed by atoms with Crippen LogP contribution in [0.5, 0.6) is 5.75 Å². The van der Waals surface area contributed by atoms with Crippen molar-refractivity contribution in [2.24, 2.45) is 5.92 Å². The van der Waals surface area contributed by atoms with Crippen molar-refractivity contribution in [2.75, 3.05) is 25.5 Å². The summed E-state index contributed by atoms with van der Waals surface area (Å²) in [6.07, 6.45) is 1.54. The van der Waals surface area contributed by atoms with Crippen molar-refractivity contribution < 1.29 is 14.1 Å². The average molecular weight is 441 g/mol. The van der Waals surface area contributed by atoms with E-state index in [9.17, 15) is 4.79 Å². The summed E-state index contributed by atoms with van der Waals surface area (Å²) in [7, 11) is 1.56. The first-order chi connectivity index (χ1) is 15.0. The Morgan fingerprint density at radius 3 is 2.65 bits per heavy atom. The highest BCUT2D eigenvalue weighted by atomic mass is 35.5. The standard InChI is InChI=1S/C23H25ClN4O3/c1-15-3-5-16(6-4-15)22-26-21(31-27-22)14-28-11-9-17(10-12-28)23(29)25-18-7-8-20(30-2)19(24)13-18/h3-8,13,17H,9-12,14H2,1-2H3,(H,25,29). The molecule has 0 aliphatic carbocycles. The van der Waals surface area contributed by atoms with E-state index in [1.807, 2.05) is 31.2 Å². The molecule has 1 N–H and O–H groups in total. The SMILES string of the molecule is COc1ccc(NC(=O)C2CCN(Cc3nc(-c4ccc(C)cc4)no3)CC2)cc1Cl. The molecule has 2 heterocycles. The van der Waals surface area contributed by atoms with Crippen LogP contribution in [-0.4, -0.2) is 41.1 Å². The number of aryl methyl sites for hydroxylation is 1. The maximum atomic E-state index is 12.6. The number of methoxy groups -OCH3 is 1. The van der Waals surface area contributed by atoms with Crippen LogP contribution in [0, 0.1) is 12.8 Å². The first kappa shape index (κ1) is 21.3. The lowest BCUT2D eigenvalue weighted by molar-refractivity contribution is -0.121. The number of halogens is 1. The first-order valence-electron chi connectivity index (χ1n) is 10.3. The highest BCUT2D eigenvalue weighted by Crippen LogP contribution is 2.28. The van der Waals surface area contributed by atoms with Crippen LogP contribution >= 0.6 is 11.6 Å². The summed E-state index contributed by atoms with van der Waals surface area (Å²) >= 11 is 6.14. The zero-order valence-electron chi connectivity index (χ0n) is 17.6. The minimum atomic E-state index is -0.0390. The maximum absolute atomic E-state index is 12.6. The third-order valence-electron chi connectivity index (χ3n) is 5.51. The van der Waals surface area contributed by atoms with Gasteiger partial charge in [0.25, 0.3) is 0 Å². The highest BCUT2D eigenvalue weighted by molar-refractivity contribution is 6.32. The third-order valence-corrected chi connectivity index (χ3v) is 5.81. The Kier molecular flexibility index (Phi) is 6.53. The smallest absolute Gasteiger partial charge is 0.241 e. The molecule has 0 radical (unpaired) electrons. The van der Waals surface area contributed by atoms with Crippen molar-refractivity contribution in [1.29, 1.82) is 0 Å². The van der Waals surface area contributed by atoms with Crippen LogP contribution in [0.25, 0.3) is 11.4 Å². The van der Waals surface area contributed by atoms with Crippen molar-refractivity contribution in [3.8, 4) is 17.1 Å². The van der Waals surface area contributed by atoms with E-state index in [0.29, 0.717) is 34.7 Å². The number of amides is 1. The van der Waals surface area contributed by atoms with E-state index in [0.717, 1.165) is 31.5 Å². The molecule has 7 nitrogen and oxygen atoms in total. The number of hydrogen-bond donors (Lipinski definition) is 1. The molecule has 2 aromatic carbocycles. The molecule has 8 heteroatoms. The Morgan fingerprint density at radius 1 is 1.23 bits per heavy atom. The number of piperidine rings is 1. The molecular weight excluding hydrogens is 416 g/mol. The van der Waals surface area contributed by atoms with E-state index in [4.69, 9.17) is 20.9 Å². The van der Waals surface area contributed by atoms with Crippen LogP contribution in [0.15, 0.2) is 47.0 Å². The summed E-state index contributed by atoms with van der Waals surface area (Å²) in [4.78, 5) is 19.4. The van der Waals surface area contributed by atoms with E-state index < -0.39 is 0 Å². The zero-order valence-corrected chi connectivity index (χ0v) is 18.4. The van der Waals surface area contributed by atoms with Gasteiger partial charge in [-0.1, -0.05) is 46.6 Å². The molecule has 1 amide bonds. The number of nitrogens with one attached hydrogen (secondary N) is 1. The van der Waals surface area contributed by atoms with Crippen LogP contribution in [0.2, 0.25) is 5.02 Å². The lowest BCUT2D eigenvalue weighted by Crippen LogP contribution is -2.37. The second kappa shape index (κ2) is 9.49. The van der Waals surface area contributed by atoms with E-state index in [1.54, 1.807) is 25.3 Å². The summed E-state index contributed by atoms with van der Waals surface area (Å²) in [6.45, 7) is 4.22. The van der Waals surface area contributed by atoms with Gasteiger partial charge in [0.1, 0.15) is 5.75 Å². The predicted molar refractivity (Wildman–Crippen MR) is 119 cm³/mol. The number of likely N-dealkylation sites (tertiary alicyclic amines) is 1. The summed E-state index contributed by atoms with van der Waals surface area (Å²) in [5.41, 5.74) is 2.80. The number of benzene rings is 2. The van der Waals surface area contributed by atoms with Crippen molar-refractivity contribution >= 4 is 23.2 Å². The number of ether oxygens (including phenoxy) is 1.